The molecule has 0 heterocycles. The number of rotatable bonds is 3. The van der Waals surface area contributed by atoms with E-state index in [1.165, 1.54) is 6.07 Å². The fourth-order valence-electron chi connectivity index (χ4n) is 1.08. The van der Waals surface area contributed by atoms with Crippen LogP contribution in [0.1, 0.15) is 11.7 Å². The van der Waals surface area contributed by atoms with Crippen molar-refractivity contribution in [2.24, 2.45) is 0 Å². The van der Waals surface area contributed by atoms with Crippen molar-refractivity contribution in [3.8, 4) is 0 Å². The van der Waals surface area contributed by atoms with Crippen molar-refractivity contribution in [3.05, 3.63) is 34.9 Å². The summed E-state index contributed by atoms with van der Waals surface area (Å²) in [5.41, 5.74) is 0.467. The number of benzene rings is 1. The molecule has 0 aromatic heterocycles. The maximum atomic E-state index is 11.2. The largest absolute Gasteiger partial charge is 0.386 e. The molecule has 0 amide bonds. The second-order valence-corrected chi connectivity index (χ2v) is 7.38. The van der Waals surface area contributed by atoms with E-state index in [1.54, 1.807) is 18.2 Å². The molecule has 1 aromatic carbocycles. The highest BCUT2D eigenvalue weighted by atomic mass is 79.9. The van der Waals surface area contributed by atoms with Gasteiger partial charge in [0.15, 0.2) is 9.84 Å². The summed E-state index contributed by atoms with van der Waals surface area (Å²) in [5.74, 6) is 0. The van der Waals surface area contributed by atoms with Gasteiger partial charge in [-0.1, -0.05) is 39.7 Å². The summed E-state index contributed by atoms with van der Waals surface area (Å²) < 4.78 is 21.4. The molecule has 0 aliphatic carbocycles. The Bertz CT molecular complexity index is 446. The summed E-state index contributed by atoms with van der Waals surface area (Å²) in [7, 11) is -3.34. The summed E-state index contributed by atoms with van der Waals surface area (Å²) >= 11 is 8.68. The molecular formula is C9H10BrClO3S. The first-order valence-corrected chi connectivity index (χ1v) is 7.33. The number of hydrogen-bond acceptors (Lipinski definition) is 3. The Kier molecular flexibility index (Phi) is 4.17. The molecule has 6 heteroatoms. The summed E-state index contributed by atoms with van der Waals surface area (Å²) in [6.45, 7) is 0. The summed E-state index contributed by atoms with van der Waals surface area (Å²) in [6, 6.07) is 6.46. The number of aliphatic hydroxyl groups excluding tert-OH is 1. The highest BCUT2D eigenvalue weighted by molar-refractivity contribution is 9.11. The van der Waals surface area contributed by atoms with Gasteiger partial charge in [-0.05, 0) is 17.7 Å². The lowest BCUT2D eigenvalue weighted by atomic mass is 10.1. The summed E-state index contributed by atoms with van der Waals surface area (Å²) in [6.07, 6.45) is -0.0705. The van der Waals surface area contributed by atoms with Gasteiger partial charge in [-0.15, -0.1) is 0 Å². The van der Waals surface area contributed by atoms with Gasteiger partial charge in [0.25, 0.3) is 0 Å². The fraction of sp³-hybridized carbons (Fsp3) is 0.333. The van der Waals surface area contributed by atoms with E-state index in [-0.39, 0.29) is 0 Å². The van der Waals surface area contributed by atoms with Crippen LogP contribution >= 0.6 is 27.5 Å². The van der Waals surface area contributed by atoms with Gasteiger partial charge in [0, 0.05) is 11.3 Å². The van der Waals surface area contributed by atoms with E-state index in [0.717, 1.165) is 6.26 Å². The van der Waals surface area contributed by atoms with Gasteiger partial charge in [0.05, 0.1) is 0 Å². The molecule has 3 nitrogen and oxygen atoms in total. The Hall–Kier alpha value is -0.100. The zero-order valence-corrected chi connectivity index (χ0v) is 11.1. The van der Waals surface area contributed by atoms with Gasteiger partial charge in [0.2, 0.25) is 0 Å². The van der Waals surface area contributed by atoms with Gasteiger partial charge in [0.1, 0.15) is 10.3 Å². The number of sulfone groups is 1. The Labute approximate surface area is 102 Å². The first-order valence-electron chi connectivity index (χ1n) is 4.09. The molecule has 0 aliphatic heterocycles. The highest BCUT2D eigenvalue weighted by Gasteiger charge is 2.27. The fourth-order valence-corrected chi connectivity index (χ4v) is 2.21. The van der Waals surface area contributed by atoms with Gasteiger partial charge >= 0.3 is 0 Å². The van der Waals surface area contributed by atoms with Crippen LogP contribution in [0, 0.1) is 0 Å². The second kappa shape index (κ2) is 4.82. The van der Waals surface area contributed by atoms with Gasteiger partial charge in [-0.3, -0.25) is 0 Å². The maximum Gasteiger partial charge on any atom is 0.163 e. The van der Waals surface area contributed by atoms with Crippen LogP contribution in [0.3, 0.4) is 0 Å². The van der Waals surface area contributed by atoms with E-state index >= 15 is 0 Å². The molecule has 0 aliphatic rings. The molecule has 84 valence electrons. The third-order valence-corrected chi connectivity index (χ3v) is 5.70. The van der Waals surface area contributed by atoms with Gasteiger partial charge in [-0.25, -0.2) is 8.42 Å². The van der Waals surface area contributed by atoms with Gasteiger partial charge < -0.3 is 5.11 Å². The molecule has 1 aromatic rings. The van der Waals surface area contributed by atoms with Crippen molar-refractivity contribution in [1.82, 2.24) is 0 Å². The van der Waals surface area contributed by atoms with E-state index in [9.17, 15) is 13.5 Å². The van der Waals surface area contributed by atoms with Crippen LogP contribution in [-0.4, -0.2) is 23.9 Å². The molecule has 0 saturated carbocycles. The number of alkyl halides is 1. The molecule has 15 heavy (non-hydrogen) atoms. The highest BCUT2D eigenvalue weighted by Crippen LogP contribution is 2.27. The van der Waals surface area contributed by atoms with E-state index in [0.29, 0.717) is 10.6 Å². The third-order valence-electron chi connectivity index (χ3n) is 1.85. The van der Waals surface area contributed by atoms with Crippen molar-refractivity contribution < 1.29 is 13.5 Å². The minimum atomic E-state index is -3.34. The van der Waals surface area contributed by atoms with Crippen LogP contribution in [0.4, 0.5) is 0 Å². The smallest absolute Gasteiger partial charge is 0.163 e. The molecule has 1 N–H and O–H groups in total. The molecule has 2 atom stereocenters. The standard InChI is InChI=1S/C9H10BrClO3S/c1-15(13,14)9(10)8(12)6-3-2-4-7(11)5-6/h2-5,8-9,12H,1H3. The first-order chi connectivity index (χ1) is 6.82. The predicted octanol–water partition coefficient (Wildman–Crippen LogP) is 2.14. The second-order valence-electron chi connectivity index (χ2n) is 3.18. The Morgan fingerprint density at radius 1 is 1.47 bits per heavy atom. The Morgan fingerprint density at radius 3 is 2.53 bits per heavy atom. The molecule has 0 radical (unpaired) electrons. The zero-order valence-electron chi connectivity index (χ0n) is 7.89. The SMILES string of the molecule is CS(=O)(=O)C(Br)C(O)c1cccc(Cl)c1. The lowest BCUT2D eigenvalue weighted by molar-refractivity contribution is 0.195. The molecule has 1 rings (SSSR count). The quantitative estimate of drug-likeness (QED) is 0.870. The summed E-state index contributed by atoms with van der Waals surface area (Å²) in [5, 5.41) is 10.2. The van der Waals surface area contributed by atoms with Crippen LogP contribution < -0.4 is 0 Å². The minimum Gasteiger partial charge on any atom is -0.386 e. The lowest BCUT2D eigenvalue weighted by Crippen LogP contribution is -2.21. The normalized spacial score (nSPS) is 16.0. The van der Waals surface area contributed by atoms with Crippen molar-refractivity contribution >= 4 is 37.4 Å². The molecule has 0 spiro atoms. The average Bonchev–Trinajstić information content (AvgIpc) is 2.14. The van der Waals surface area contributed by atoms with Crippen LogP contribution in [0.2, 0.25) is 5.02 Å². The zero-order chi connectivity index (χ0) is 11.6. The van der Waals surface area contributed by atoms with E-state index in [4.69, 9.17) is 11.6 Å². The van der Waals surface area contributed by atoms with E-state index < -0.39 is 20.1 Å². The van der Waals surface area contributed by atoms with Crippen molar-refractivity contribution in [1.29, 1.82) is 0 Å². The molecule has 0 fully saturated rings. The van der Waals surface area contributed by atoms with Crippen molar-refractivity contribution in [3.63, 3.8) is 0 Å². The lowest BCUT2D eigenvalue weighted by Gasteiger charge is -2.16. The summed E-state index contributed by atoms with van der Waals surface area (Å²) in [4.78, 5) is 0. The Balaban J connectivity index is 3.00. The molecule has 0 bridgehead atoms. The predicted molar refractivity (Wildman–Crippen MR) is 64.0 cm³/mol. The average molecular weight is 314 g/mol. The van der Waals surface area contributed by atoms with Crippen molar-refractivity contribution in [2.45, 2.75) is 10.3 Å². The van der Waals surface area contributed by atoms with Crippen molar-refractivity contribution in [2.75, 3.05) is 6.26 Å². The third kappa shape index (κ3) is 3.45. The van der Waals surface area contributed by atoms with Crippen LogP contribution in [-0.2, 0) is 9.84 Å². The number of hydrogen-bond donors (Lipinski definition) is 1. The van der Waals surface area contributed by atoms with Crippen LogP contribution in [0.5, 0.6) is 0 Å². The van der Waals surface area contributed by atoms with Crippen LogP contribution in [0.15, 0.2) is 24.3 Å². The molecule has 2 unspecified atom stereocenters. The Morgan fingerprint density at radius 2 is 2.07 bits per heavy atom. The van der Waals surface area contributed by atoms with E-state index in [2.05, 4.69) is 15.9 Å². The number of aliphatic hydroxyl groups is 1. The molecular weight excluding hydrogens is 304 g/mol. The number of halogens is 2. The van der Waals surface area contributed by atoms with Crippen LogP contribution in [0.25, 0.3) is 0 Å². The minimum absolute atomic E-state index is 0.458. The topological polar surface area (TPSA) is 54.4 Å². The van der Waals surface area contributed by atoms with Gasteiger partial charge in [-0.2, -0.15) is 0 Å². The molecule has 0 saturated heterocycles. The maximum absolute atomic E-state index is 11.2. The first kappa shape index (κ1) is 13.0. The monoisotopic (exact) mass is 312 g/mol. The van der Waals surface area contributed by atoms with E-state index in [1.807, 2.05) is 0 Å².